The highest BCUT2D eigenvalue weighted by atomic mass is 79.9. The van der Waals surface area contributed by atoms with Crippen molar-refractivity contribution in [1.29, 1.82) is 0 Å². The average molecular weight is 460 g/mol. The molecule has 6 nitrogen and oxygen atoms in total. The van der Waals surface area contributed by atoms with Gasteiger partial charge in [0.05, 0.1) is 0 Å². The van der Waals surface area contributed by atoms with Crippen molar-refractivity contribution >= 4 is 33.7 Å². The molecule has 0 aliphatic rings. The van der Waals surface area contributed by atoms with E-state index < -0.39 is 0 Å². The molecule has 7 heteroatoms. The summed E-state index contributed by atoms with van der Waals surface area (Å²) in [5.74, 6) is -0.510. The molecule has 1 atom stereocenters. The summed E-state index contributed by atoms with van der Waals surface area (Å²) in [5, 5.41) is 8.46. The normalized spacial score (nSPS) is 11.4. The lowest BCUT2D eigenvalue weighted by Crippen LogP contribution is -2.32. The molecule has 0 aliphatic heterocycles. The molecule has 29 heavy (non-hydrogen) atoms. The van der Waals surface area contributed by atoms with E-state index >= 15 is 0 Å². The van der Waals surface area contributed by atoms with Gasteiger partial charge in [-0.1, -0.05) is 35.0 Å². The summed E-state index contributed by atoms with van der Waals surface area (Å²) >= 11 is 3.32. The Balaban J connectivity index is 1.76. The van der Waals surface area contributed by atoms with Crippen LogP contribution >= 0.6 is 15.9 Å². The number of benzene rings is 2. The largest absolute Gasteiger partial charge is 0.352 e. The summed E-state index contributed by atoms with van der Waals surface area (Å²) < 4.78 is 0.898. The molecule has 3 N–H and O–H groups in total. The number of rotatable bonds is 9. The highest BCUT2D eigenvalue weighted by molar-refractivity contribution is 9.10. The Labute approximate surface area is 179 Å². The standard InChI is InChI=1S/C22H26BrN3O3/c1-3-15(2)26-22(29)18-6-4-5-16(13-18)14-25-20(27)11-12-24-21(28)17-7-9-19(23)10-8-17/h4-10,13,15H,3,11-12,14H2,1-2H3,(H,24,28)(H,25,27)(H,26,29). The van der Waals surface area contributed by atoms with Crippen LogP contribution in [0.1, 0.15) is 53.0 Å². The first-order valence-corrected chi connectivity index (χ1v) is 10.4. The van der Waals surface area contributed by atoms with E-state index in [-0.39, 0.29) is 36.7 Å². The summed E-state index contributed by atoms with van der Waals surface area (Å²) in [4.78, 5) is 36.3. The van der Waals surface area contributed by atoms with Crippen LogP contribution in [0.2, 0.25) is 0 Å². The predicted octanol–water partition coefficient (Wildman–Crippen LogP) is 3.41. The molecule has 0 aliphatic carbocycles. The van der Waals surface area contributed by atoms with Gasteiger partial charge in [-0.2, -0.15) is 0 Å². The van der Waals surface area contributed by atoms with Gasteiger partial charge in [-0.25, -0.2) is 0 Å². The number of halogens is 1. The molecule has 3 amide bonds. The first-order valence-electron chi connectivity index (χ1n) is 9.59. The average Bonchev–Trinajstić information content (AvgIpc) is 2.72. The van der Waals surface area contributed by atoms with Crippen LogP contribution in [0, 0.1) is 0 Å². The second kappa shape index (κ2) is 11.4. The van der Waals surface area contributed by atoms with Crippen molar-refractivity contribution in [3.63, 3.8) is 0 Å². The van der Waals surface area contributed by atoms with Crippen molar-refractivity contribution in [2.45, 2.75) is 39.3 Å². The fourth-order valence-corrected chi connectivity index (χ4v) is 2.78. The summed E-state index contributed by atoms with van der Waals surface area (Å²) in [6, 6.07) is 14.3. The number of nitrogens with one attached hydrogen (secondary N) is 3. The van der Waals surface area contributed by atoms with E-state index in [4.69, 9.17) is 0 Å². The van der Waals surface area contributed by atoms with Crippen LogP contribution in [0.3, 0.4) is 0 Å². The minimum atomic E-state index is -0.217. The first-order chi connectivity index (χ1) is 13.9. The van der Waals surface area contributed by atoms with Gasteiger partial charge in [-0.15, -0.1) is 0 Å². The zero-order chi connectivity index (χ0) is 21.2. The monoisotopic (exact) mass is 459 g/mol. The molecule has 2 aromatic carbocycles. The van der Waals surface area contributed by atoms with Gasteiger partial charge in [-0.3, -0.25) is 14.4 Å². The molecular weight excluding hydrogens is 434 g/mol. The van der Waals surface area contributed by atoms with Crippen molar-refractivity contribution in [2.75, 3.05) is 6.54 Å². The molecule has 1 unspecified atom stereocenters. The van der Waals surface area contributed by atoms with Crippen LogP contribution < -0.4 is 16.0 Å². The number of hydrogen-bond donors (Lipinski definition) is 3. The molecule has 2 aromatic rings. The highest BCUT2D eigenvalue weighted by Crippen LogP contribution is 2.10. The van der Waals surface area contributed by atoms with E-state index in [1.54, 1.807) is 42.5 Å². The van der Waals surface area contributed by atoms with Gasteiger partial charge >= 0.3 is 0 Å². The van der Waals surface area contributed by atoms with Gasteiger partial charge in [0.2, 0.25) is 5.91 Å². The molecule has 154 valence electrons. The molecule has 0 spiro atoms. The first kappa shape index (κ1) is 22.6. The Morgan fingerprint density at radius 1 is 0.966 bits per heavy atom. The maximum Gasteiger partial charge on any atom is 0.251 e. The highest BCUT2D eigenvalue weighted by Gasteiger charge is 2.10. The number of amides is 3. The third-order valence-electron chi connectivity index (χ3n) is 4.41. The lowest BCUT2D eigenvalue weighted by Gasteiger charge is -2.12. The third kappa shape index (κ3) is 7.69. The minimum Gasteiger partial charge on any atom is -0.352 e. The van der Waals surface area contributed by atoms with E-state index in [2.05, 4.69) is 31.9 Å². The van der Waals surface area contributed by atoms with E-state index in [9.17, 15) is 14.4 Å². The lowest BCUT2D eigenvalue weighted by molar-refractivity contribution is -0.121. The van der Waals surface area contributed by atoms with Crippen LogP contribution in [0.25, 0.3) is 0 Å². The van der Waals surface area contributed by atoms with E-state index in [0.29, 0.717) is 17.7 Å². The SMILES string of the molecule is CCC(C)NC(=O)c1cccc(CNC(=O)CCNC(=O)c2ccc(Br)cc2)c1. The Bertz CT molecular complexity index is 853. The molecule has 0 saturated carbocycles. The quantitative estimate of drug-likeness (QED) is 0.536. The third-order valence-corrected chi connectivity index (χ3v) is 4.94. The summed E-state index contributed by atoms with van der Waals surface area (Å²) in [6.45, 7) is 4.54. The Kier molecular flexibility index (Phi) is 8.86. The second-order valence-corrected chi connectivity index (χ2v) is 7.69. The maximum absolute atomic E-state index is 12.2. The van der Waals surface area contributed by atoms with Gasteiger partial charge in [0.15, 0.2) is 0 Å². The van der Waals surface area contributed by atoms with Gasteiger partial charge in [0.1, 0.15) is 0 Å². The maximum atomic E-state index is 12.2. The molecule has 0 bridgehead atoms. The topological polar surface area (TPSA) is 87.3 Å². The van der Waals surface area contributed by atoms with Crippen molar-refractivity contribution in [3.8, 4) is 0 Å². The summed E-state index contributed by atoms with van der Waals surface area (Å²) in [7, 11) is 0. The molecule has 0 radical (unpaired) electrons. The summed E-state index contributed by atoms with van der Waals surface area (Å²) in [5.41, 5.74) is 1.95. The molecule has 0 fully saturated rings. The predicted molar refractivity (Wildman–Crippen MR) is 117 cm³/mol. The van der Waals surface area contributed by atoms with Gasteiger partial charge in [-0.05, 0) is 55.3 Å². The molecular formula is C22H26BrN3O3. The fourth-order valence-electron chi connectivity index (χ4n) is 2.51. The van der Waals surface area contributed by atoms with Crippen LogP contribution in [0.15, 0.2) is 53.0 Å². The van der Waals surface area contributed by atoms with Crippen molar-refractivity contribution < 1.29 is 14.4 Å². The molecule has 0 aromatic heterocycles. The van der Waals surface area contributed by atoms with Gasteiger partial charge in [0.25, 0.3) is 11.8 Å². The molecule has 2 rings (SSSR count). The molecule has 0 saturated heterocycles. The van der Waals surface area contributed by atoms with Crippen molar-refractivity contribution in [1.82, 2.24) is 16.0 Å². The van der Waals surface area contributed by atoms with E-state index in [1.807, 2.05) is 19.9 Å². The smallest absolute Gasteiger partial charge is 0.251 e. The fraction of sp³-hybridized carbons (Fsp3) is 0.318. The van der Waals surface area contributed by atoms with Crippen LogP contribution in [-0.4, -0.2) is 30.3 Å². The number of hydrogen-bond acceptors (Lipinski definition) is 3. The Morgan fingerprint density at radius 2 is 1.69 bits per heavy atom. The zero-order valence-corrected chi connectivity index (χ0v) is 18.2. The zero-order valence-electron chi connectivity index (χ0n) is 16.6. The van der Waals surface area contributed by atoms with E-state index in [0.717, 1.165) is 16.5 Å². The van der Waals surface area contributed by atoms with Gasteiger partial charge < -0.3 is 16.0 Å². The second-order valence-electron chi connectivity index (χ2n) is 6.77. The van der Waals surface area contributed by atoms with Crippen LogP contribution in [-0.2, 0) is 11.3 Å². The van der Waals surface area contributed by atoms with Gasteiger partial charge in [0, 0.05) is 41.2 Å². The van der Waals surface area contributed by atoms with Crippen LogP contribution in [0.4, 0.5) is 0 Å². The van der Waals surface area contributed by atoms with Crippen LogP contribution in [0.5, 0.6) is 0 Å². The van der Waals surface area contributed by atoms with E-state index in [1.165, 1.54) is 0 Å². The summed E-state index contributed by atoms with van der Waals surface area (Å²) in [6.07, 6.45) is 1.04. The van der Waals surface area contributed by atoms with Crippen molar-refractivity contribution in [2.24, 2.45) is 0 Å². The van der Waals surface area contributed by atoms with Crippen molar-refractivity contribution in [3.05, 3.63) is 69.7 Å². The molecule has 0 heterocycles. The minimum absolute atomic E-state index is 0.110. The Hall–Kier alpha value is -2.67. The Morgan fingerprint density at radius 3 is 2.38 bits per heavy atom. The lowest BCUT2D eigenvalue weighted by atomic mass is 10.1. The number of carbonyl (C=O) groups is 3. The number of carbonyl (C=O) groups excluding carboxylic acids is 3.